The number of carbonyl (C=O) groups is 2. The summed E-state index contributed by atoms with van der Waals surface area (Å²) in [7, 11) is 1.66. The first-order valence-electron chi connectivity index (χ1n) is 9.85. The number of hydrogen-bond donors (Lipinski definition) is 2. The van der Waals surface area contributed by atoms with Gasteiger partial charge in [-0.1, -0.05) is 60.7 Å². The molecule has 0 fully saturated rings. The molecular formula is C25H25NO4. The van der Waals surface area contributed by atoms with Crippen LogP contribution in [0.4, 0.5) is 0 Å². The summed E-state index contributed by atoms with van der Waals surface area (Å²) in [6.45, 7) is 0. The maximum Gasteiger partial charge on any atom is 0.326 e. The van der Waals surface area contributed by atoms with Crippen LogP contribution in [-0.4, -0.2) is 30.1 Å². The standard InChI is InChI=1S/C25H25NO4/c1-30-23-10-6-5-9-20(23)14-11-18-12-15-21(16-13-18)24(27)26-22(25(28)29)17-19-7-3-2-4-8-19/h2-10,12-13,15-16,22H,11,14,17H2,1H3,(H,26,27)(H,28,29)/t22-/m0/s1. The van der Waals surface area contributed by atoms with E-state index in [0.717, 1.165) is 35.3 Å². The minimum Gasteiger partial charge on any atom is -0.496 e. The number of hydrogen-bond acceptors (Lipinski definition) is 3. The van der Waals surface area contributed by atoms with Gasteiger partial charge in [0, 0.05) is 12.0 Å². The molecule has 2 N–H and O–H groups in total. The molecule has 0 aliphatic rings. The highest BCUT2D eigenvalue weighted by molar-refractivity contribution is 5.96. The van der Waals surface area contributed by atoms with Gasteiger partial charge in [0.2, 0.25) is 0 Å². The van der Waals surface area contributed by atoms with Crippen molar-refractivity contribution in [1.29, 1.82) is 0 Å². The molecule has 0 saturated heterocycles. The third kappa shape index (κ3) is 5.70. The van der Waals surface area contributed by atoms with Gasteiger partial charge in [-0.05, 0) is 47.7 Å². The van der Waals surface area contributed by atoms with E-state index in [-0.39, 0.29) is 6.42 Å². The van der Waals surface area contributed by atoms with Crippen molar-refractivity contribution < 1.29 is 19.4 Å². The average molecular weight is 403 g/mol. The van der Waals surface area contributed by atoms with Crippen molar-refractivity contribution in [2.75, 3.05) is 7.11 Å². The Kier molecular flexibility index (Phi) is 7.22. The van der Waals surface area contributed by atoms with Crippen molar-refractivity contribution in [3.05, 3.63) is 101 Å². The molecule has 0 unspecified atom stereocenters. The Hall–Kier alpha value is -3.60. The number of methoxy groups -OCH3 is 1. The number of amides is 1. The number of aliphatic carboxylic acids is 1. The first-order valence-corrected chi connectivity index (χ1v) is 9.85. The molecule has 0 spiro atoms. The molecule has 0 aromatic heterocycles. The molecule has 0 radical (unpaired) electrons. The molecule has 5 heteroatoms. The minimum absolute atomic E-state index is 0.235. The Balaban J connectivity index is 1.60. The predicted molar refractivity (Wildman–Crippen MR) is 116 cm³/mol. The molecule has 0 aliphatic carbocycles. The normalized spacial score (nSPS) is 11.5. The first-order chi connectivity index (χ1) is 14.6. The number of rotatable bonds is 9. The molecule has 3 aromatic rings. The van der Waals surface area contributed by atoms with Gasteiger partial charge in [-0.3, -0.25) is 4.79 Å². The van der Waals surface area contributed by atoms with Crippen LogP contribution in [-0.2, 0) is 24.1 Å². The molecule has 0 aliphatic heterocycles. The van der Waals surface area contributed by atoms with Crippen molar-refractivity contribution in [3.8, 4) is 5.75 Å². The van der Waals surface area contributed by atoms with E-state index < -0.39 is 17.9 Å². The van der Waals surface area contributed by atoms with Crippen LogP contribution in [0.2, 0.25) is 0 Å². The van der Waals surface area contributed by atoms with Crippen LogP contribution in [0.25, 0.3) is 0 Å². The van der Waals surface area contributed by atoms with E-state index in [4.69, 9.17) is 4.74 Å². The van der Waals surface area contributed by atoms with Crippen molar-refractivity contribution in [1.82, 2.24) is 5.32 Å². The Morgan fingerprint density at radius 3 is 2.20 bits per heavy atom. The maximum absolute atomic E-state index is 12.5. The lowest BCUT2D eigenvalue weighted by molar-refractivity contribution is -0.139. The molecule has 1 atom stereocenters. The zero-order valence-electron chi connectivity index (χ0n) is 16.9. The monoisotopic (exact) mass is 403 g/mol. The summed E-state index contributed by atoms with van der Waals surface area (Å²) in [4.78, 5) is 24.1. The van der Waals surface area contributed by atoms with Gasteiger partial charge in [-0.15, -0.1) is 0 Å². The molecule has 0 saturated carbocycles. The molecular weight excluding hydrogens is 378 g/mol. The lowest BCUT2D eigenvalue weighted by Gasteiger charge is -2.15. The number of ether oxygens (including phenoxy) is 1. The number of para-hydroxylation sites is 1. The second-order valence-electron chi connectivity index (χ2n) is 7.06. The second-order valence-corrected chi connectivity index (χ2v) is 7.06. The smallest absolute Gasteiger partial charge is 0.326 e. The predicted octanol–water partition coefficient (Wildman–Crippen LogP) is 3.91. The third-order valence-electron chi connectivity index (χ3n) is 4.98. The summed E-state index contributed by atoms with van der Waals surface area (Å²) < 4.78 is 5.38. The Morgan fingerprint density at radius 2 is 1.53 bits per heavy atom. The van der Waals surface area contributed by atoms with Gasteiger partial charge in [-0.2, -0.15) is 0 Å². The summed E-state index contributed by atoms with van der Waals surface area (Å²) >= 11 is 0. The third-order valence-corrected chi connectivity index (χ3v) is 4.98. The Labute approximate surface area is 176 Å². The highest BCUT2D eigenvalue weighted by Crippen LogP contribution is 2.19. The van der Waals surface area contributed by atoms with Gasteiger partial charge >= 0.3 is 5.97 Å². The topological polar surface area (TPSA) is 75.6 Å². The van der Waals surface area contributed by atoms with Crippen molar-refractivity contribution >= 4 is 11.9 Å². The van der Waals surface area contributed by atoms with E-state index in [1.807, 2.05) is 66.7 Å². The first kappa shape index (κ1) is 21.1. The fourth-order valence-corrected chi connectivity index (χ4v) is 3.30. The van der Waals surface area contributed by atoms with Gasteiger partial charge in [0.1, 0.15) is 11.8 Å². The highest BCUT2D eigenvalue weighted by Gasteiger charge is 2.21. The Bertz CT molecular complexity index is 984. The molecule has 0 heterocycles. The molecule has 154 valence electrons. The van der Waals surface area contributed by atoms with Gasteiger partial charge in [0.05, 0.1) is 7.11 Å². The number of carbonyl (C=O) groups excluding carboxylic acids is 1. The van der Waals surface area contributed by atoms with Crippen molar-refractivity contribution in [2.45, 2.75) is 25.3 Å². The quantitative estimate of drug-likeness (QED) is 0.568. The zero-order valence-corrected chi connectivity index (χ0v) is 16.9. The van der Waals surface area contributed by atoms with Gasteiger partial charge in [0.15, 0.2) is 0 Å². The van der Waals surface area contributed by atoms with E-state index in [1.54, 1.807) is 19.2 Å². The molecule has 30 heavy (non-hydrogen) atoms. The van der Waals surface area contributed by atoms with Crippen LogP contribution in [0.1, 0.15) is 27.0 Å². The number of benzene rings is 3. The van der Waals surface area contributed by atoms with Crippen LogP contribution in [0.15, 0.2) is 78.9 Å². The second kappa shape index (κ2) is 10.3. The summed E-state index contributed by atoms with van der Waals surface area (Å²) in [5.41, 5.74) is 3.52. The SMILES string of the molecule is COc1ccccc1CCc1ccc(C(=O)N[C@@H](Cc2ccccc2)C(=O)O)cc1. The highest BCUT2D eigenvalue weighted by atomic mass is 16.5. The van der Waals surface area contributed by atoms with Gasteiger partial charge < -0.3 is 15.2 Å². The summed E-state index contributed by atoms with van der Waals surface area (Å²) in [6.07, 6.45) is 1.88. The van der Waals surface area contributed by atoms with Crippen LogP contribution in [0.3, 0.4) is 0 Å². The lowest BCUT2D eigenvalue weighted by Crippen LogP contribution is -2.42. The van der Waals surface area contributed by atoms with Crippen molar-refractivity contribution in [3.63, 3.8) is 0 Å². The van der Waals surface area contributed by atoms with E-state index in [2.05, 4.69) is 5.32 Å². The minimum atomic E-state index is -1.05. The van der Waals surface area contributed by atoms with Gasteiger partial charge in [-0.25, -0.2) is 4.79 Å². The average Bonchev–Trinajstić information content (AvgIpc) is 2.78. The number of carboxylic acids is 1. The van der Waals surface area contributed by atoms with E-state index in [9.17, 15) is 14.7 Å². The van der Waals surface area contributed by atoms with Crippen LogP contribution >= 0.6 is 0 Å². The summed E-state index contributed by atoms with van der Waals surface area (Å²) in [5.74, 6) is -0.582. The lowest BCUT2D eigenvalue weighted by atomic mass is 10.0. The molecule has 0 bridgehead atoms. The summed E-state index contributed by atoms with van der Waals surface area (Å²) in [6, 6.07) is 23.4. The van der Waals surface area contributed by atoms with Crippen LogP contribution in [0, 0.1) is 0 Å². The van der Waals surface area contributed by atoms with Crippen LogP contribution < -0.4 is 10.1 Å². The largest absolute Gasteiger partial charge is 0.496 e. The molecule has 3 aromatic carbocycles. The fourth-order valence-electron chi connectivity index (χ4n) is 3.30. The number of aryl methyl sites for hydroxylation is 2. The molecule has 5 nitrogen and oxygen atoms in total. The van der Waals surface area contributed by atoms with Crippen LogP contribution in [0.5, 0.6) is 5.75 Å². The zero-order chi connectivity index (χ0) is 21.3. The van der Waals surface area contributed by atoms with E-state index >= 15 is 0 Å². The molecule has 1 amide bonds. The molecule has 3 rings (SSSR count). The van der Waals surface area contributed by atoms with Gasteiger partial charge in [0.25, 0.3) is 5.91 Å². The summed E-state index contributed by atoms with van der Waals surface area (Å²) in [5, 5.41) is 12.1. The number of carboxylic acid groups (broad SMARTS) is 1. The van der Waals surface area contributed by atoms with Crippen molar-refractivity contribution in [2.24, 2.45) is 0 Å². The Morgan fingerprint density at radius 1 is 0.867 bits per heavy atom. The number of nitrogens with one attached hydrogen (secondary N) is 1. The van der Waals surface area contributed by atoms with E-state index in [0.29, 0.717) is 5.56 Å². The maximum atomic E-state index is 12.5. The fraction of sp³-hybridized carbons (Fsp3) is 0.200. The van der Waals surface area contributed by atoms with E-state index in [1.165, 1.54) is 0 Å².